The van der Waals surface area contributed by atoms with Crippen LogP contribution in [-0.2, 0) is 0 Å². The summed E-state index contributed by atoms with van der Waals surface area (Å²) < 4.78 is 5.64. The zero-order chi connectivity index (χ0) is 17.8. The molecule has 1 N–H and O–H groups in total. The first kappa shape index (κ1) is 18.0. The fourth-order valence-corrected chi connectivity index (χ4v) is 3.13. The third-order valence-electron chi connectivity index (χ3n) is 4.30. The molecule has 0 bridgehead atoms. The van der Waals surface area contributed by atoms with Crippen molar-refractivity contribution in [3.05, 3.63) is 52.1 Å². The van der Waals surface area contributed by atoms with Crippen LogP contribution in [0.5, 0.6) is 11.6 Å². The minimum absolute atomic E-state index is 0.00519. The van der Waals surface area contributed by atoms with Crippen LogP contribution in [0.1, 0.15) is 23.2 Å². The molecule has 0 radical (unpaired) electrons. The quantitative estimate of drug-likeness (QED) is 0.871. The number of aromatic nitrogens is 1. The normalized spacial score (nSPS) is 15.2. The lowest BCUT2D eigenvalue weighted by atomic mass is 10.0. The van der Waals surface area contributed by atoms with E-state index in [2.05, 4.69) is 10.3 Å². The van der Waals surface area contributed by atoms with Crippen LogP contribution in [-0.4, -0.2) is 42.0 Å². The van der Waals surface area contributed by atoms with Gasteiger partial charge >= 0.3 is 0 Å². The molecular weight excluding hydrogens is 361 g/mol. The molecule has 1 aromatic carbocycles. The number of carbonyl (C=O) groups is 1. The summed E-state index contributed by atoms with van der Waals surface area (Å²) in [5.41, 5.74) is 0.549. The molecule has 5 nitrogen and oxygen atoms in total. The van der Waals surface area contributed by atoms with Crippen LogP contribution in [0.4, 0.5) is 0 Å². The Labute approximate surface area is 156 Å². The lowest BCUT2D eigenvalue weighted by Gasteiger charge is -2.31. The van der Waals surface area contributed by atoms with Crippen molar-refractivity contribution in [2.75, 3.05) is 20.1 Å². The summed E-state index contributed by atoms with van der Waals surface area (Å²) in [6.07, 6.45) is 3.45. The molecule has 132 valence electrons. The molecule has 1 amide bonds. The van der Waals surface area contributed by atoms with Crippen molar-refractivity contribution >= 4 is 29.1 Å². The monoisotopic (exact) mass is 379 g/mol. The molecule has 25 heavy (non-hydrogen) atoms. The maximum atomic E-state index is 12.5. The van der Waals surface area contributed by atoms with Gasteiger partial charge in [-0.1, -0.05) is 29.3 Å². The van der Waals surface area contributed by atoms with Crippen molar-refractivity contribution < 1.29 is 9.53 Å². The van der Waals surface area contributed by atoms with Gasteiger partial charge in [-0.3, -0.25) is 4.79 Å². The van der Waals surface area contributed by atoms with Crippen molar-refractivity contribution in [2.24, 2.45) is 0 Å². The van der Waals surface area contributed by atoms with Gasteiger partial charge in [-0.25, -0.2) is 4.98 Å². The van der Waals surface area contributed by atoms with Crippen molar-refractivity contribution in [2.45, 2.75) is 18.9 Å². The van der Waals surface area contributed by atoms with Crippen LogP contribution in [0.2, 0.25) is 10.0 Å². The lowest BCUT2D eigenvalue weighted by Crippen LogP contribution is -2.43. The van der Waals surface area contributed by atoms with Gasteiger partial charge in [0, 0.05) is 31.4 Å². The summed E-state index contributed by atoms with van der Waals surface area (Å²) in [5.74, 6) is 0.777. The van der Waals surface area contributed by atoms with Crippen molar-refractivity contribution in [3.8, 4) is 11.6 Å². The van der Waals surface area contributed by atoms with Crippen LogP contribution in [0, 0.1) is 0 Å². The van der Waals surface area contributed by atoms with Gasteiger partial charge in [-0.15, -0.1) is 0 Å². The van der Waals surface area contributed by atoms with E-state index < -0.39 is 0 Å². The molecule has 1 saturated heterocycles. The van der Waals surface area contributed by atoms with Crippen molar-refractivity contribution in [1.82, 2.24) is 15.2 Å². The van der Waals surface area contributed by atoms with E-state index in [0.717, 1.165) is 25.9 Å². The number of carbonyl (C=O) groups excluding carboxylic acids is 1. The SMILES string of the molecule is CNC1CCN(C(=O)c2ccc(Oc3cccc(Cl)c3Cl)nc2)CC1. The number of rotatable bonds is 4. The van der Waals surface area contributed by atoms with E-state index in [4.69, 9.17) is 27.9 Å². The minimum Gasteiger partial charge on any atom is -0.437 e. The largest absolute Gasteiger partial charge is 0.437 e. The van der Waals surface area contributed by atoms with E-state index in [1.165, 1.54) is 6.20 Å². The van der Waals surface area contributed by atoms with Gasteiger partial charge in [0.25, 0.3) is 5.91 Å². The molecule has 0 atom stereocenters. The number of pyridine rings is 1. The van der Waals surface area contributed by atoms with Crippen LogP contribution >= 0.6 is 23.2 Å². The van der Waals surface area contributed by atoms with E-state index in [1.807, 2.05) is 11.9 Å². The standard InChI is InChI=1S/C18H19Cl2N3O2/c1-21-13-7-9-23(10-8-13)18(24)12-5-6-16(22-11-12)25-15-4-2-3-14(19)17(15)20/h2-6,11,13,21H,7-10H2,1H3. The number of ether oxygens (including phenoxy) is 1. The Bertz CT molecular complexity index is 744. The van der Waals surface area contributed by atoms with Crippen LogP contribution in [0.3, 0.4) is 0 Å². The molecular formula is C18H19Cl2N3O2. The number of halogens is 2. The smallest absolute Gasteiger partial charge is 0.255 e. The first-order chi connectivity index (χ1) is 12.1. The van der Waals surface area contributed by atoms with E-state index in [0.29, 0.717) is 33.3 Å². The highest BCUT2D eigenvalue weighted by molar-refractivity contribution is 6.42. The average molecular weight is 380 g/mol. The molecule has 2 heterocycles. The third kappa shape index (κ3) is 4.24. The summed E-state index contributed by atoms with van der Waals surface area (Å²) in [7, 11) is 1.96. The Morgan fingerprint density at radius 3 is 2.64 bits per heavy atom. The number of nitrogens with one attached hydrogen (secondary N) is 1. The predicted molar refractivity (Wildman–Crippen MR) is 98.8 cm³/mol. The fraction of sp³-hybridized carbons (Fsp3) is 0.333. The maximum absolute atomic E-state index is 12.5. The Balaban J connectivity index is 1.66. The molecule has 3 rings (SSSR count). The number of piperidine rings is 1. The Hall–Kier alpha value is -1.82. The molecule has 1 aromatic heterocycles. The predicted octanol–water partition coefficient (Wildman–Crippen LogP) is 4.00. The Morgan fingerprint density at radius 2 is 2.00 bits per heavy atom. The zero-order valence-electron chi connectivity index (χ0n) is 13.8. The van der Waals surface area contributed by atoms with E-state index >= 15 is 0 Å². The van der Waals surface area contributed by atoms with Gasteiger partial charge in [0.2, 0.25) is 5.88 Å². The molecule has 1 fully saturated rings. The second kappa shape index (κ2) is 8.04. The van der Waals surface area contributed by atoms with Gasteiger partial charge in [0.1, 0.15) is 10.8 Å². The van der Waals surface area contributed by atoms with Gasteiger partial charge < -0.3 is 15.0 Å². The molecule has 0 aliphatic carbocycles. The number of hydrogen-bond donors (Lipinski definition) is 1. The van der Waals surface area contributed by atoms with Gasteiger partial charge in [-0.2, -0.15) is 0 Å². The molecule has 1 aliphatic rings. The van der Waals surface area contributed by atoms with Crippen molar-refractivity contribution in [3.63, 3.8) is 0 Å². The fourth-order valence-electron chi connectivity index (χ4n) is 2.80. The average Bonchev–Trinajstić information content (AvgIpc) is 2.65. The van der Waals surface area contributed by atoms with Gasteiger partial charge in [0.15, 0.2) is 0 Å². The minimum atomic E-state index is -0.00519. The lowest BCUT2D eigenvalue weighted by molar-refractivity contribution is 0.0707. The summed E-state index contributed by atoms with van der Waals surface area (Å²) in [5, 5.41) is 4.00. The number of nitrogens with zero attached hydrogens (tertiary/aromatic N) is 2. The zero-order valence-corrected chi connectivity index (χ0v) is 15.3. The molecule has 0 unspecified atom stereocenters. The third-order valence-corrected chi connectivity index (χ3v) is 5.11. The number of likely N-dealkylation sites (tertiary alicyclic amines) is 1. The first-order valence-electron chi connectivity index (χ1n) is 8.13. The highest BCUT2D eigenvalue weighted by Gasteiger charge is 2.23. The Morgan fingerprint density at radius 1 is 1.24 bits per heavy atom. The van der Waals surface area contributed by atoms with Gasteiger partial charge in [0.05, 0.1) is 10.6 Å². The molecule has 0 saturated carbocycles. The Kier molecular flexibility index (Phi) is 5.78. The second-order valence-corrected chi connectivity index (χ2v) is 6.68. The molecule has 1 aliphatic heterocycles. The number of benzene rings is 1. The van der Waals surface area contributed by atoms with Crippen LogP contribution < -0.4 is 10.1 Å². The van der Waals surface area contributed by atoms with E-state index in [-0.39, 0.29) is 5.91 Å². The topological polar surface area (TPSA) is 54.5 Å². The van der Waals surface area contributed by atoms with E-state index in [9.17, 15) is 4.79 Å². The second-order valence-electron chi connectivity index (χ2n) is 5.89. The highest BCUT2D eigenvalue weighted by Crippen LogP contribution is 2.34. The molecule has 2 aromatic rings. The highest BCUT2D eigenvalue weighted by atomic mass is 35.5. The van der Waals surface area contributed by atoms with Crippen LogP contribution in [0.15, 0.2) is 36.5 Å². The maximum Gasteiger partial charge on any atom is 0.255 e. The summed E-state index contributed by atoms with van der Waals surface area (Å²) >= 11 is 12.1. The van der Waals surface area contributed by atoms with Crippen LogP contribution in [0.25, 0.3) is 0 Å². The first-order valence-corrected chi connectivity index (χ1v) is 8.88. The summed E-state index contributed by atoms with van der Waals surface area (Å²) in [6.45, 7) is 1.50. The summed E-state index contributed by atoms with van der Waals surface area (Å²) in [4.78, 5) is 18.6. The molecule has 0 spiro atoms. The molecule has 7 heteroatoms. The number of hydrogen-bond acceptors (Lipinski definition) is 4. The van der Waals surface area contributed by atoms with Crippen molar-refractivity contribution in [1.29, 1.82) is 0 Å². The van der Waals surface area contributed by atoms with Gasteiger partial charge in [-0.05, 0) is 38.1 Å². The summed E-state index contributed by atoms with van der Waals surface area (Å²) in [6, 6.07) is 9.00. The van der Waals surface area contributed by atoms with E-state index in [1.54, 1.807) is 30.3 Å². The number of amides is 1.